The van der Waals surface area contributed by atoms with Crippen molar-refractivity contribution in [2.75, 3.05) is 24.3 Å². The van der Waals surface area contributed by atoms with E-state index < -0.39 is 0 Å². The number of carbonyl (C=O) groups excluding carboxylic acids is 1. The van der Waals surface area contributed by atoms with Crippen molar-refractivity contribution in [2.45, 2.75) is 18.2 Å². The van der Waals surface area contributed by atoms with Crippen molar-refractivity contribution in [3.8, 4) is 11.5 Å². The number of rotatable bonds is 5. The molecule has 0 aliphatic carbocycles. The average molecular weight is 355 g/mol. The van der Waals surface area contributed by atoms with Crippen molar-refractivity contribution in [3.63, 3.8) is 0 Å². The molecule has 0 saturated carbocycles. The molecule has 3 rings (SSSR count). The first-order valence-electron chi connectivity index (χ1n) is 7.07. The third-order valence-corrected chi connectivity index (χ3v) is 4.56. The molecule has 0 unspecified atom stereocenters. The summed E-state index contributed by atoms with van der Waals surface area (Å²) in [4.78, 5) is 12.7. The number of nitrogens with zero attached hydrogens (tertiary/aromatic N) is 1. The van der Waals surface area contributed by atoms with Gasteiger partial charge in [0.2, 0.25) is 5.91 Å². The summed E-state index contributed by atoms with van der Waals surface area (Å²) in [6, 6.07) is 5.26. The number of halogens is 1. The molecule has 0 saturated heterocycles. The molecule has 0 fully saturated rings. The number of hydrogen-bond acceptors (Lipinski definition) is 6. The van der Waals surface area contributed by atoms with Gasteiger partial charge in [-0.25, -0.2) is 0 Å². The van der Waals surface area contributed by atoms with Gasteiger partial charge in [-0.05, 0) is 13.0 Å². The van der Waals surface area contributed by atoms with Gasteiger partial charge < -0.3 is 19.3 Å². The van der Waals surface area contributed by atoms with E-state index in [1.807, 2.05) is 6.07 Å². The highest BCUT2D eigenvalue weighted by molar-refractivity contribution is 7.99. The Hall–Kier alpha value is -1.86. The minimum Gasteiger partial charge on any atom is -0.486 e. The smallest absolute Gasteiger partial charge is 0.226 e. The van der Waals surface area contributed by atoms with Gasteiger partial charge in [-0.2, -0.15) is 0 Å². The van der Waals surface area contributed by atoms with Gasteiger partial charge in [0.15, 0.2) is 17.3 Å². The fourth-order valence-electron chi connectivity index (χ4n) is 2.04. The topological polar surface area (TPSA) is 73.6 Å². The summed E-state index contributed by atoms with van der Waals surface area (Å²) in [5.74, 6) is 2.88. The van der Waals surface area contributed by atoms with Gasteiger partial charge in [0.1, 0.15) is 19.0 Å². The Labute approximate surface area is 142 Å². The Morgan fingerprint density at radius 1 is 1.30 bits per heavy atom. The van der Waals surface area contributed by atoms with Crippen LogP contribution in [-0.2, 0) is 4.79 Å². The number of carbonyl (C=O) groups is 1. The van der Waals surface area contributed by atoms with Gasteiger partial charge in [-0.1, -0.05) is 16.8 Å². The van der Waals surface area contributed by atoms with Gasteiger partial charge in [0.25, 0.3) is 0 Å². The quantitative estimate of drug-likeness (QED) is 0.828. The summed E-state index contributed by atoms with van der Waals surface area (Å²) < 4.78 is 15.9. The molecule has 2 heterocycles. The SMILES string of the molecule is Cc1cc(NC(=O)CCSc2cc3c(cc2Cl)OCCO3)no1. The highest BCUT2D eigenvalue weighted by atomic mass is 35.5. The molecule has 0 spiro atoms. The fourth-order valence-corrected chi connectivity index (χ4v) is 3.25. The molecular weight excluding hydrogens is 340 g/mol. The lowest BCUT2D eigenvalue weighted by molar-refractivity contribution is -0.115. The van der Waals surface area contributed by atoms with E-state index in [4.69, 9.17) is 25.6 Å². The largest absolute Gasteiger partial charge is 0.486 e. The van der Waals surface area contributed by atoms with E-state index in [1.54, 1.807) is 19.1 Å². The molecular formula is C15H15ClN2O4S. The van der Waals surface area contributed by atoms with Crippen molar-refractivity contribution in [2.24, 2.45) is 0 Å². The molecule has 1 N–H and O–H groups in total. The van der Waals surface area contributed by atoms with Crippen molar-refractivity contribution in [1.82, 2.24) is 5.16 Å². The summed E-state index contributed by atoms with van der Waals surface area (Å²) in [5, 5.41) is 6.99. The first-order chi connectivity index (χ1) is 11.1. The average Bonchev–Trinajstić information content (AvgIpc) is 2.92. The molecule has 1 aromatic heterocycles. The third kappa shape index (κ3) is 4.11. The van der Waals surface area contributed by atoms with Crippen molar-refractivity contribution >= 4 is 35.1 Å². The van der Waals surface area contributed by atoms with Crippen LogP contribution in [0, 0.1) is 6.92 Å². The van der Waals surface area contributed by atoms with Gasteiger partial charge in [0, 0.05) is 29.2 Å². The Morgan fingerprint density at radius 3 is 2.74 bits per heavy atom. The van der Waals surface area contributed by atoms with Crippen LogP contribution in [0.1, 0.15) is 12.2 Å². The second kappa shape index (κ2) is 7.14. The second-order valence-corrected chi connectivity index (χ2v) is 6.44. The van der Waals surface area contributed by atoms with Gasteiger partial charge >= 0.3 is 0 Å². The summed E-state index contributed by atoms with van der Waals surface area (Å²) in [6.07, 6.45) is 0.335. The van der Waals surface area contributed by atoms with Crippen LogP contribution in [0.25, 0.3) is 0 Å². The Morgan fingerprint density at radius 2 is 2.04 bits per heavy atom. The number of aryl methyl sites for hydroxylation is 1. The lowest BCUT2D eigenvalue weighted by Gasteiger charge is -2.19. The molecule has 1 aliphatic rings. The fraction of sp³-hybridized carbons (Fsp3) is 0.333. The molecule has 8 heteroatoms. The van der Waals surface area contributed by atoms with Crippen LogP contribution < -0.4 is 14.8 Å². The van der Waals surface area contributed by atoms with Crippen LogP contribution in [0.4, 0.5) is 5.82 Å². The number of aromatic nitrogens is 1. The molecule has 2 aromatic rings. The van der Waals surface area contributed by atoms with Crippen molar-refractivity contribution in [3.05, 3.63) is 29.0 Å². The molecule has 0 bridgehead atoms. The third-order valence-electron chi connectivity index (χ3n) is 3.08. The van der Waals surface area contributed by atoms with Crippen LogP contribution in [-0.4, -0.2) is 30.0 Å². The van der Waals surface area contributed by atoms with E-state index in [1.165, 1.54) is 11.8 Å². The maximum absolute atomic E-state index is 11.8. The first kappa shape index (κ1) is 16.0. The normalized spacial score (nSPS) is 13.0. The molecule has 0 atom stereocenters. The van der Waals surface area contributed by atoms with E-state index in [0.29, 0.717) is 53.5 Å². The molecule has 1 aromatic carbocycles. The Bertz CT molecular complexity index is 719. The zero-order chi connectivity index (χ0) is 16.2. The number of hydrogen-bond donors (Lipinski definition) is 1. The molecule has 6 nitrogen and oxygen atoms in total. The van der Waals surface area contributed by atoms with Crippen LogP contribution in [0.15, 0.2) is 27.6 Å². The molecule has 122 valence electrons. The van der Waals surface area contributed by atoms with E-state index >= 15 is 0 Å². The number of benzene rings is 1. The number of thioether (sulfide) groups is 1. The predicted molar refractivity (Wildman–Crippen MR) is 87.7 cm³/mol. The van der Waals surface area contributed by atoms with Crippen LogP contribution in [0.5, 0.6) is 11.5 Å². The summed E-state index contributed by atoms with van der Waals surface area (Å²) in [5.41, 5.74) is 0. The highest BCUT2D eigenvalue weighted by Gasteiger charge is 2.15. The number of amides is 1. The molecule has 0 radical (unpaired) electrons. The van der Waals surface area contributed by atoms with Gasteiger partial charge in [-0.15, -0.1) is 11.8 Å². The monoisotopic (exact) mass is 354 g/mol. The highest BCUT2D eigenvalue weighted by Crippen LogP contribution is 2.39. The van der Waals surface area contributed by atoms with Crippen molar-refractivity contribution < 1.29 is 18.8 Å². The van der Waals surface area contributed by atoms with Crippen LogP contribution >= 0.6 is 23.4 Å². The van der Waals surface area contributed by atoms with Gasteiger partial charge in [0.05, 0.1) is 5.02 Å². The molecule has 1 aliphatic heterocycles. The van der Waals surface area contributed by atoms with Gasteiger partial charge in [-0.3, -0.25) is 4.79 Å². The number of anilines is 1. The van der Waals surface area contributed by atoms with E-state index in [-0.39, 0.29) is 5.91 Å². The number of ether oxygens (including phenoxy) is 2. The summed E-state index contributed by atoms with van der Waals surface area (Å²) in [6.45, 7) is 2.82. The van der Waals surface area contributed by atoms with Crippen LogP contribution in [0.2, 0.25) is 5.02 Å². The zero-order valence-corrected chi connectivity index (χ0v) is 14.0. The van der Waals surface area contributed by atoms with E-state index in [9.17, 15) is 4.79 Å². The second-order valence-electron chi connectivity index (χ2n) is 4.90. The van der Waals surface area contributed by atoms with E-state index in [2.05, 4.69) is 10.5 Å². The lowest BCUT2D eigenvalue weighted by atomic mass is 10.3. The van der Waals surface area contributed by atoms with E-state index in [0.717, 1.165) is 4.90 Å². The standard InChI is InChI=1S/C15H15ClN2O4S/c1-9-6-14(18-22-9)17-15(19)2-5-23-13-8-12-11(7-10(13)16)20-3-4-21-12/h6-8H,2-5H2,1H3,(H,17,18,19). The zero-order valence-electron chi connectivity index (χ0n) is 12.4. The first-order valence-corrected chi connectivity index (χ1v) is 8.43. The summed E-state index contributed by atoms with van der Waals surface area (Å²) >= 11 is 7.72. The minimum atomic E-state index is -0.125. The molecule has 1 amide bonds. The summed E-state index contributed by atoms with van der Waals surface area (Å²) in [7, 11) is 0. The van der Waals surface area contributed by atoms with Crippen LogP contribution in [0.3, 0.4) is 0 Å². The minimum absolute atomic E-state index is 0.125. The lowest BCUT2D eigenvalue weighted by Crippen LogP contribution is -2.15. The predicted octanol–water partition coefficient (Wildman–Crippen LogP) is 3.53. The Kier molecular flexibility index (Phi) is 4.97. The number of nitrogens with one attached hydrogen (secondary N) is 1. The maximum Gasteiger partial charge on any atom is 0.226 e. The maximum atomic E-state index is 11.8. The van der Waals surface area contributed by atoms with Crippen molar-refractivity contribution in [1.29, 1.82) is 0 Å². The number of fused-ring (bicyclic) bond motifs is 1. The Balaban J connectivity index is 1.53. The molecule has 23 heavy (non-hydrogen) atoms.